The molecule has 0 aliphatic carbocycles. The number of nitrogens with two attached hydrogens (primary N) is 1. The predicted octanol–water partition coefficient (Wildman–Crippen LogP) is 2.32. The number of methoxy groups -OCH3 is 1. The highest BCUT2D eigenvalue weighted by atomic mass is 19.1. The Hall–Kier alpha value is -1.16. The lowest BCUT2D eigenvalue weighted by molar-refractivity contribution is 0.377. The molecule has 1 aromatic carbocycles. The lowest BCUT2D eigenvalue weighted by atomic mass is 10.0. The molecule has 0 heterocycles. The quantitative estimate of drug-likeness (QED) is 0.814. The molecule has 0 radical (unpaired) electrons. The van der Waals surface area contributed by atoms with Crippen molar-refractivity contribution < 1.29 is 13.5 Å². The highest BCUT2D eigenvalue weighted by Gasteiger charge is 2.14. The van der Waals surface area contributed by atoms with E-state index in [0.717, 1.165) is 6.07 Å². The zero-order valence-electron chi connectivity index (χ0n) is 8.18. The molecule has 0 bridgehead atoms. The Kier molecular flexibility index (Phi) is 3.41. The van der Waals surface area contributed by atoms with E-state index in [-0.39, 0.29) is 17.4 Å². The molecule has 78 valence electrons. The first kappa shape index (κ1) is 10.9. The van der Waals surface area contributed by atoms with E-state index in [1.807, 2.05) is 0 Å². The molecule has 1 rings (SSSR count). The van der Waals surface area contributed by atoms with Crippen molar-refractivity contribution in [1.29, 1.82) is 0 Å². The minimum Gasteiger partial charge on any atom is -0.493 e. The van der Waals surface area contributed by atoms with Gasteiger partial charge >= 0.3 is 0 Å². The summed E-state index contributed by atoms with van der Waals surface area (Å²) >= 11 is 0. The summed E-state index contributed by atoms with van der Waals surface area (Å²) in [5.74, 6) is -0.479. The van der Waals surface area contributed by atoms with E-state index < -0.39 is 12.5 Å². The minimum atomic E-state index is -0.708. The van der Waals surface area contributed by atoms with Crippen LogP contribution in [0.1, 0.15) is 24.1 Å². The molecular weight excluding hydrogens is 188 g/mol. The van der Waals surface area contributed by atoms with Crippen LogP contribution in [0, 0.1) is 5.82 Å². The van der Waals surface area contributed by atoms with Gasteiger partial charge in [0.15, 0.2) is 11.6 Å². The fourth-order valence-corrected chi connectivity index (χ4v) is 1.30. The number of ether oxygens (including phenoxy) is 1. The van der Waals surface area contributed by atoms with Gasteiger partial charge in [0.25, 0.3) is 0 Å². The smallest absolute Gasteiger partial charge is 0.165 e. The van der Waals surface area contributed by atoms with Gasteiger partial charge in [-0.3, -0.25) is 0 Å². The van der Waals surface area contributed by atoms with Gasteiger partial charge in [-0.2, -0.15) is 0 Å². The zero-order chi connectivity index (χ0) is 10.7. The van der Waals surface area contributed by atoms with E-state index in [1.54, 1.807) is 6.92 Å². The number of benzene rings is 1. The van der Waals surface area contributed by atoms with Crippen molar-refractivity contribution in [3.8, 4) is 5.75 Å². The molecule has 0 saturated carbocycles. The van der Waals surface area contributed by atoms with Gasteiger partial charge in [-0.1, -0.05) is 0 Å². The molecule has 0 amide bonds. The third kappa shape index (κ3) is 2.01. The fraction of sp³-hybridized carbons (Fsp3) is 0.400. The van der Waals surface area contributed by atoms with Crippen LogP contribution in [0.2, 0.25) is 0 Å². The Morgan fingerprint density at radius 1 is 1.50 bits per heavy atom. The maximum absolute atomic E-state index is 13.3. The Labute approximate surface area is 81.7 Å². The van der Waals surface area contributed by atoms with Crippen LogP contribution in [0.4, 0.5) is 8.78 Å². The molecule has 2 nitrogen and oxygen atoms in total. The zero-order valence-corrected chi connectivity index (χ0v) is 8.18. The van der Waals surface area contributed by atoms with Crippen LogP contribution in [-0.2, 0) is 6.67 Å². The molecular formula is C10H13F2NO. The Morgan fingerprint density at radius 2 is 2.14 bits per heavy atom. The van der Waals surface area contributed by atoms with Crippen molar-refractivity contribution in [2.24, 2.45) is 5.73 Å². The highest BCUT2D eigenvalue weighted by molar-refractivity contribution is 5.40. The Morgan fingerprint density at radius 3 is 2.57 bits per heavy atom. The summed E-state index contributed by atoms with van der Waals surface area (Å²) in [7, 11) is 1.36. The van der Waals surface area contributed by atoms with Gasteiger partial charge < -0.3 is 10.5 Å². The molecule has 0 aromatic heterocycles. The van der Waals surface area contributed by atoms with Crippen molar-refractivity contribution in [2.75, 3.05) is 7.11 Å². The Balaban J connectivity index is 3.28. The van der Waals surface area contributed by atoms with Gasteiger partial charge in [0.05, 0.1) is 7.11 Å². The van der Waals surface area contributed by atoms with Gasteiger partial charge in [-0.25, -0.2) is 8.78 Å². The van der Waals surface area contributed by atoms with Crippen molar-refractivity contribution in [2.45, 2.75) is 19.6 Å². The first-order chi connectivity index (χ1) is 6.60. The summed E-state index contributed by atoms with van der Waals surface area (Å²) in [6.45, 7) is 0.986. The van der Waals surface area contributed by atoms with Gasteiger partial charge in [0.2, 0.25) is 0 Å². The summed E-state index contributed by atoms with van der Waals surface area (Å²) in [6, 6.07) is 2.25. The summed E-state index contributed by atoms with van der Waals surface area (Å²) in [5, 5.41) is 0. The lowest BCUT2D eigenvalue weighted by Gasteiger charge is -2.13. The lowest BCUT2D eigenvalue weighted by Crippen LogP contribution is -2.08. The summed E-state index contributed by atoms with van der Waals surface area (Å²) in [5.41, 5.74) is 6.37. The van der Waals surface area contributed by atoms with E-state index >= 15 is 0 Å². The van der Waals surface area contributed by atoms with Crippen LogP contribution in [0.25, 0.3) is 0 Å². The van der Waals surface area contributed by atoms with Crippen LogP contribution < -0.4 is 10.5 Å². The Bertz CT molecular complexity index is 326. The van der Waals surface area contributed by atoms with Crippen LogP contribution in [0.5, 0.6) is 5.75 Å². The second-order valence-corrected chi connectivity index (χ2v) is 3.12. The summed E-state index contributed by atoms with van der Waals surface area (Å²) in [6.07, 6.45) is 0. The predicted molar refractivity (Wildman–Crippen MR) is 50.4 cm³/mol. The van der Waals surface area contributed by atoms with E-state index in [9.17, 15) is 8.78 Å². The average Bonchev–Trinajstić information content (AvgIpc) is 2.16. The normalized spacial score (nSPS) is 12.6. The van der Waals surface area contributed by atoms with E-state index in [2.05, 4.69) is 0 Å². The average molecular weight is 201 g/mol. The van der Waals surface area contributed by atoms with E-state index in [0.29, 0.717) is 5.56 Å². The largest absolute Gasteiger partial charge is 0.493 e. The maximum Gasteiger partial charge on any atom is 0.165 e. The molecule has 0 aliphatic rings. The molecule has 0 spiro atoms. The maximum atomic E-state index is 13.3. The molecule has 2 N–H and O–H groups in total. The highest BCUT2D eigenvalue weighted by Crippen LogP contribution is 2.28. The summed E-state index contributed by atoms with van der Waals surface area (Å²) in [4.78, 5) is 0. The van der Waals surface area contributed by atoms with Crippen molar-refractivity contribution in [1.82, 2.24) is 0 Å². The molecule has 0 saturated heterocycles. The summed E-state index contributed by atoms with van der Waals surface area (Å²) < 4.78 is 30.5. The molecule has 0 fully saturated rings. The topological polar surface area (TPSA) is 35.2 Å². The van der Waals surface area contributed by atoms with E-state index in [4.69, 9.17) is 10.5 Å². The van der Waals surface area contributed by atoms with Crippen molar-refractivity contribution in [3.63, 3.8) is 0 Å². The number of hydrogen-bond acceptors (Lipinski definition) is 2. The van der Waals surface area contributed by atoms with Gasteiger partial charge in [-0.05, 0) is 24.6 Å². The van der Waals surface area contributed by atoms with Crippen LogP contribution in [-0.4, -0.2) is 7.11 Å². The third-order valence-electron chi connectivity index (χ3n) is 1.98. The molecule has 14 heavy (non-hydrogen) atoms. The number of halogens is 2. The molecule has 0 aliphatic heterocycles. The first-order valence-corrected chi connectivity index (χ1v) is 4.28. The third-order valence-corrected chi connectivity index (χ3v) is 1.98. The minimum absolute atomic E-state index is 0.0946. The standard InChI is InChI=1S/C10H13F2NO/c1-6(13)8-3-7(5-11)4-9(12)10(8)14-2/h3-4,6H,5,13H2,1-2H3. The molecule has 1 unspecified atom stereocenters. The van der Waals surface area contributed by atoms with Crippen LogP contribution >= 0.6 is 0 Å². The van der Waals surface area contributed by atoms with Crippen molar-refractivity contribution >= 4 is 0 Å². The van der Waals surface area contributed by atoms with Gasteiger partial charge in [0.1, 0.15) is 6.67 Å². The fourth-order valence-electron chi connectivity index (χ4n) is 1.30. The van der Waals surface area contributed by atoms with Crippen LogP contribution in [0.15, 0.2) is 12.1 Å². The second kappa shape index (κ2) is 4.37. The number of hydrogen-bond donors (Lipinski definition) is 1. The van der Waals surface area contributed by atoms with Crippen LogP contribution in [0.3, 0.4) is 0 Å². The number of rotatable bonds is 3. The molecule has 1 atom stereocenters. The number of alkyl halides is 1. The molecule has 1 aromatic rings. The first-order valence-electron chi connectivity index (χ1n) is 4.28. The monoisotopic (exact) mass is 201 g/mol. The van der Waals surface area contributed by atoms with Crippen molar-refractivity contribution in [3.05, 3.63) is 29.1 Å². The van der Waals surface area contributed by atoms with E-state index in [1.165, 1.54) is 13.2 Å². The molecule has 4 heteroatoms. The van der Waals surface area contributed by atoms with Gasteiger partial charge in [0, 0.05) is 11.6 Å². The second-order valence-electron chi connectivity index (χ2n) is 3.12. The SMILES string of the molecule is COc1c(F)cc(CF)cc1C(C)N. The van der Waals surface area contributed by atoms with Gasteiger partial charge in [-0.15, -0.1) is 0 Å².